The smallest absolute Gasteiger partial charge is 0.274 e. The Labute approximate surface area is 236 Å². The zero-order chi connectivity index (χ0) is 29.5. The Kier molecular flexibility index (Phi) is 8.60. The lowest BCUT2D eigenvalue weighted by Gasteiger charge is -2.22. The lowest BCUT2D eigenvalue weighted by Crippen LogP contribution is -2.34. The first kappa shape index (κ1) is 28.3. The summed E-state index contributed by atoms with van der Waals surface area (Å²) >= 11 is 0. The predicted octanol–water partition coefficient (Wildman–Crippen LogP) is 3.31. The quantitative estimate of drug-likeness (QED) is 0.167. The topological polar surface area (TPSA) is 136 Å². The van der Waals surface area contributed by atoms with Crippen LogP contribution in [0, 0.1) is 11.8 Å². The van der Waals surface area contributed by atoms with Gasteiger partial charge in [0.15, 0.2) is 17.2 Å². The molecule has 0 spiro atoms. The van der Waals surface area contributed by atoms with Crippen molar-refractivity contribution in [3.8, 4) is 17.5 Å². The van der Waals surface area contributed by atoms with Crippen LogP contribution in [0.4, 0.5) is 5.82 Å². The Morgan fingerprint density at radius 3 is 2.63 bits per heavy atom. The van der Waals surface area contributed by atoms with Crippen LogP contribution in [0.15, 0.2) is 85.3 Å². The zero-order valence-corrected chi connectivity index (χ0v) is 22.6. The number of benzene rings is 1. The number of hydrogen-bond acceptors (Lipinski definition) is 6. The van der Waals surface area contributed by atoms with E-state index in [2.05, 4.69) is 52.3 Å². The van der Waals surface area contributed by atoms with Gasteiger partial charge in [-0.1, -0.05) is 55.9 Å². The average Bonchev–Trinajstić information content (AvgIpc) is 3.32. The normalized spacial score (nSPS) is 11.1. The van der Waals surface area contributed by atoms with Crippen molar-refractivity contribution in [3.63, 3.8) is 0 Å². The Hall–Kier alpha value is -5.69. The highest BCUT2D eigenvalue weighted by Gasteiger charge is 2.24. The average molecular weight is 548 g/mol. The molecule has 0 saturated heterocycles. The van der Waals surface area contributed by atoms with Gasteiger partial charge in [0.1, 0.15) is 0 Å². The molecule has 3 heterocycles. The molecule has 0 fully saturated rings. The van der Waals surface area contributed by atoms with Crippen molar-refractivity contribution in [2.45, 2.75) is 19.4 Å². The Morgan fingerprint density at radius 1 is 1.17 bits per heavy atom. The molecule has 0 aliphatic rings. The zero-order valence-electron chi connectivity index (χ0n) is 22.6. The molecule has 0 aliphatic carbocycles. The van der Waals surface area contributed by atoms with Crippen molar-refractivity contribution in [2.24, 2.45) is 0 Å². The Morgan fingerprint density at radius 2 is 1.93 bits per heavy atom. The highest BCUT2D eigenvalue weighted by atomic mass is 16.2. The molecule has 1 atom stereocenters. The van der Waals surface area contributed by atoms with Crippen LogP contribution in [0.1, 0.15) is 46.7 Å². The molecule has 4 rings (SSSR count). The summed E-state index contributed by atoms with van der Waals surface area (Å²) in [6.45, 7) is 13.4. The number of carbonyl (C=O) groups excluding carboxylic acids is 2. The van der Waals surface area contributed by atoms with E-state index in [4.69, 9.17) is 5.73 Å². The molecule has 0 saturated carbocycles. The number of rotatable bonds is 9. The fourth-order valence-corrected chi connectivity index (χ4v) is 4.28. The number of allylic oxidation sites excluding steroid dienone is 1. The van der Waals surface area contributed by atoms with Crippen molar-refractivity contribution in [1.82, 2.24) is 29.8 Å². The second-order valence-electron chi connectivity index (χ2n) is 8.94. The van der Waals surface area contributed by atoms with Crippen molar-refractivity contribution >= 4 is 34.9 Å². The number of hydrogen-bond donors (Lipinski definition) is 3. The maximum absolute atomic E-state index is 14.0. The molecule has 0 bridgehead atoms. The van der Waals surface area contributed by atoms with Gasteiger partial charge in [-0.2, -0.15) is 5.10 Å². The fourth-order valence-electron chi connectivity index (χ4n) is 4.28. The number of nitrogens with zero attached hydrogens (tertiary/aromatic N) is 4. The summed E-state index contributed by atoms with van der Waals surface area (Å²) in [4.78, 5) is 42.9. The second-order valence-corrected chi connectivity index (χ2v) is 8.94. The highest BCUT2D eigenvalue weighted by molar-refractivity contribution is 5.98. The van der Waals surface area contributed by atoms with Gasteiger partial charge in [-0.25, -0.2) is 9.50 Å². The van der Waals surface area contributed by atoms with Crippen molar-refractivity contribution in [3.05, 3.63) is 113 Å². The summed E-state index contributed by atoms with van der Waals surface area (Å²) < 4.78 is 2.88. The molecule has 41 heavy (non-hydrogen) atoms. The monoisotopic (exact) mass is 547 g/mol. The number of nitrogen functional groups attached to an aromatic ring is 1. The van der Waals surface area contributed by atoms with Crippen LogP contribution < -0.4 is 21.9 Å². The fraction of sp³-hybridized carbons (Fsp3) is 0.129. The molecule has 2 amide bonds. The van der Waals surface area contributed by atoms with E-state index in [0.29, 0.717) is 41.1 Å². The summed E-state index contributed by atoms with van der Waals surface area (Å²) in [5.41, 5.74) is 8.38. The predicted molar refractivity (Wildman–Crippen MR) is 160 cm³/mol. The first-order valence-corrected chi connectivity index (χ1v) is 12.7. The number of pyridine rings is 1. The minimum atomic E-state index is -0.648. The highest BCUT2D eigenvalue weighted by Crippen LogP contribution is 2.24. The molecule has 10 nitrogen and oxygen atoms in total. The molecule has 0 radical (unpaired) electrons. The molecule has 4 aromatic rings. The van der Waals surface area contributed by atoms with Crippen LogP contribution in [-0.2, 0) is 4.79 Å². The van der Waals surface area contributed by atoms with Gasteiger partial charge in [0.05, 0.1) is 11.6 Å². The van der Waals surface area contributed by atoms with Gasteiger partial charge in [0, 0.05) is 36.1 Å². The summed E-state index contributed by atoms with van der Waals surface area (Å²) in [5.74, 6) is 5.10. The van der Waals surface area contributed by atoms with Gasteiger partial charge >= 0.3 is 0 Å². The molecular weight excluding hydrogens is 518 g/mol. The molecule has 1 aromatic carbocycles. The van der Waals surface area contributed by atoms with E-state index >= 15 is 0 Å². The Balaban J connectivity index is 1.74. The summed E-state index contributed by atoms with van der Waals surface area (Å²) in [7, 11) is 0. The minimum absolute atomic E-state index is 0.0370. The standard InChI is InChI=1S/C31H29N7O3/c1-5-22-19-24(21(4)35-30(40)28-29(32)36-25-16-12-18-34-38(25)28)37(23-14-8-7-9-15-23)31(41)27(22)20(3)13-10-11-17-33-26(39)6-2/h5-9,12,14-16,18-19,21H,1-3,11,17,32H2,4H3,(H,33,39)(H,35,40). The Bertz CT molecular complexity index is 1790. The van der Waals surface area contributed by atoms with Crippen LogP contribution in [-0.4, -0.2) is 37.5 Å². The maximum atomic E-state index is 14.0. The third-order valence-electron chi connectivity index (χ3n) is 6.20. The van der Waals surface area contributed by atoms with Crippen LogP contribution >= 0.6 is 0 Å². The van der Waals surface area contributed by atoms with Gasteiger partial charge in [-0.3, -0.25) is 19.0 Å². The number of nitrogens with two attached hydrogens (primary N) is 1. The lowest BCUT2D eigenvalue weighted by atomic mass is 9.99. The van der Waals surface area contributed by atoms with Crippen LogP contribution in [0.25, 0.3) is 23.0 Å². The van der Waals surface area contributed by atoms with E-state index in [-0.39, 0.29) is 28.5 Å². The summed E-state index contributed by atoms with van der Waals surface area (Å²) in [6.07, 6.45) is 4.62. The SMILES string of the molecule is C=CC(=O)NCCC#CC(=C)c1c(C=C)cc(C(C)NC(=O)c2c(N)nc3cccnn23)n(-c2ccccc2)c1=O. The molecule has 1 unspecified atom stereocenters. The van der Waals surface area contributed by atoms with E-state index in [9.17, 15) is 14.4 Å². The minimum Gasteiger partial charge on any atom is -0.382 e. The first-order valence-electron chi connectivity index (χ1n) is 12.7. The van der Waals surface area contributed by atoms with Gasteiger partial charge in [0.25, 0.3) is 11.5 Å². The number of para-hydroxylation sites is 1. The van der Waals surface area contributed by atoms with Crippen LogP contribution in [0.5, 0.6) is 0 Å². The van der Waals surface area contributed by atoms with E-state index < -0.39 is 11.9 Å². The van der Waals surface area contributed by atoms with Gasteiger partial charge in [-0.05, 0) is 48.9 Å². The van der Waals surface area contributed by atoms with E-state index in [1.54, 1.807) is 43.3 Å². The van der Waals surface area contributed by atoms with Crippen molar-refractivity contribution < 1.29 is 9.59 Å². The third kappa shape index (κ3) is 5.99. The van der Waals surface area contributed by atoms with E-state index in [1.165, 1.54) is 21.4 Å². The van der Waals surface area contributed by atoms with Crippen molar-refractivity contribution in [2.75, 3.05) is 12.3 Å². The maximum Gasteiger partial charge on any atom is 0.274 e. The molecule has 206 valence electrons. The van der Waals surface area contributed by atoms with Crippen molar-refractivity contribution in [1.29, 1.82) is 0 Å². The van der Waals surface area contributed by atoms with Crippen LogP contribution in [0.2, 0.25) is 0 Å². The number of carbonyl (C=O) groups is 2. The number of amides is 2. The number of anilines is 1. The largest absolute Gasteiger partial charge is 0.382 e. The van der Waals surface area contributed by atoms with E-state index in [0.717, 1.165) is 0 Å². The molecular formula is C31H29N7O3. The van der Waals surface area contributed by atoms with Gasteiger partial charge < -0.3 is 16.4 Å². The molecule has 4 N–H and O–H groups in total. The summed E-state index contributed by atoms with van der Waals surface area (Å²) in [5, 5.41) is 9.76. The third-order valence-corrected chi connectivity index (χ3v) is 6.20. The molecule has 3 aromatic heterocycles. The number of nitrogens with one attached hydrogen (secondary N) is 2. The lowest BCUT2D eigenvalue weighted by molar-refractivity contribution is -0.116. The molecule has 10 heteroatoms. The summed E-state index contributed by atoms with van der Waals surface area (Å²) in [6, 6.07) is 13.6. The molecule has 0 aliphatic heterocycles. The number of aromatic nitrogens is 4. The van der Waals surface area contributed by atoms with Gasteiger partial charge in [0.2, 0.25) is 5.91 Å². The van der Waals surface area contributed by atoms with E-state index in [1.807, 2.05) is 18.2 Å². The number of fused-ring (bicyclic) bond motifs is 1. The second kappa shape index (κ2) is 12.4. The van der Waals surface area contributed by atoms with Gasteiger partial charge in [-0.15, -0.1) is 0 Å². The first-order chi connectivity index (χ1) is 19.8. The van der Waals surface area contributed by atoms with Crippen LogP contribution in [0.3, 0.4) is 0 Å². The number of imidazole rings is 1.